The molecule has 0 aliphatic carbocycles. The smallest absolute Gasteiger partial charge is 0.416 e. The van der Waals surface area contributed by atoms with Crippen LogP contribution in [0.2, 0.25) is 0 Å². The zero-order chi connectivity index (χ0) is 19.2. The van der Waals surface area contributed by atoms with Crippen LogP contribution in [0.3, 0.4) is 0 Å². The molecule has 0 radical (unpaired) electrons. The van der Waals surface area contributed by atoms with Gasteiger partial charge in [0.25, 0.3) is 5.91 Å². The summed E-state index contributed by atoms with van der Waals surface area (Å²) in [5, 5.41) is 2.35. The zero-order valence-electron chi connectivity index (χ0n) is 13.8. The molecule has 0 bridgehead atoms. The first-order chi connectivity index (χ1) is 11.6. The summed E-state index contributed by atoms with van der Waals surface area (Å²) in [5.74, 6) is -2.81. The van der Waals surface area contributed by atoms with Crippen molar-refractivity contribution in [2.75, 3.05) is 14.2 Å². The summed E-state index contributed by atoms with van der Waals surface area (Å²) in [6, 6.07) is 2.37. The van der Waals surface area contributed by atoms with Crippen molar-refractivity contribution >= 4 is 17.8 Å². The summed E-state index contributed by atoms with van der Waals surface area (Å²) in [6.45, 7) is 1.51. The Bertz CT molecular complexity index is 628. The van der Waals surface area contributed by atoms with E-state index >= 15 is 0 Å². The zero-order valence-corrected chi connectivity index (χ0v) is 13.8. The van der Waals surface area contributed by atoms with Crippen LogP contribution in [-0.4, -0.2) is 38.1 Å². The molecule has 0 aromatic heterocycles. The first-order valence-electron chi connectivity index (χ1n) is 7.24. The van der Waals surface area contributed by atoms with Crippen LogP contribution in [-0.2, 0) is 25.2 Å². The van der Waals surface area contributed by atoms with E-state index in [2.05, 4.69) is 14.8 Å². The highest BCUT2D eigenvalue weighted by Crippen LogP contribution is 2.29. The molecule has 0 saturated carbocycles. The van der Waals surface area contributed by atoms with Crippen molar-refractivity contribution in [2.24, 2.45) is 5.92 Å². The van der Waals surface area contributed by atoms with Gasteiger partial charge in [0.2, 0.25) is 0 Å². The molecule has 1 aromatic rings. The quantitative estimate of drug-likeness (QED) is 0.786. The third-order valence-corrected chi connectivity index (χ3v) is 3.46. The molecule has 0 heterocycles. The molecule has 0 fully saturated rings. The molecule has 0 spiro atoms. The fourth-order valence-electron chi connectivity index (χ4n) is 2.06. The monoisotopic (exact) mass is 361 g/mol. The number of carbonyl (C=O) groups excluding carboxylic acids is 3. The maximum Gasteiger partial charge on any atom is 0.416 e. The fourth-order valence-corrected chi connectivity index (χ4v) is 2.06. The van der Waals surface area contributed by atoms with Crippen LogP contribution >= 0.6 is 0 Å². The van der Waals surface area contributed by atoms with E-state index in [1.165, 1.54) is 14.0 Å². The second-order valence-corrected chi connectivity index (χ2v) is 5.28. The summed E-state index contributed by atoms with van der Waals surface area (Å²) in [5.41, 5.74) is -0.958. The number of esters is 2. The Morgan fingerprint density at radius 3 is 2.00 bits per heavy atom. The lowest BCUT2D eigenvalue weighted by Gasteiger charge is -2.19. The first-order valence-corrected chi connectivity index (χ1v) is 7.24. The number of rotatable bonds is 6. The second-order valence-electron chi connectivity index (χ2n) is 5.28. The van der Waals surface area contributed by atoms with Crippen LogP contribution in [0.4, 0.5) is 13.2 Å². The van der Waals surface area contributed by atoms with Crippen molar-refractivity contribution in [1.82, 2.24) is 5.32 Å². The number of nitrogens with one attached hydrogen (secondary N) is 1. The highest BCUT2D eigenvalue weighted by molar-refractivity contribution is 5.96. The molecule has 2 atom stereocenters. The van der Waals surface area contributed by atoms with Crippen LogP contribution in [0.15, 0.2) is 24.3 Å². The van der Waals surface area contributed by atoms with Gasteiger partial charge >= 0.3 is 18.1 Å². The standard InChI is InChI=1S/C16H18F3NO5/c1-9(14(22)24-2)8-12(15(23)25-3)20-13(21)10-4-6-11(7-5-10)16(17,18)19/h4-7,9,12H,8H2,1-3H3,(H,20,21)/t9-,12-/m1/s1. The lowest BCUT2D eigenvalue weighted by atomic mass is 10.0. The molecule has 1 N–H and O–H groups in total. The normalized spacial score (nSPS) is 13.5. The Balaban J connectivity index is 2.87. The highest BCUT2D eigenvalue weighted by Gasteiger charge is 2.31. The van der Waals surface area contributed by atoms with Gasteiger partial charge in [-0.25, -0.2) is 4.79 Å². The van der Waals surface area contributed by atoms with E-state index in [4.69, 9.17) is 0 Å². The van der Waals surface area contributed by atoms with Gasteiger partial charge in [-0.15, -0.1) is 0 Å². The van der Waals surface area contributed by atoms with Crippen molar-refractivity contribution in [2.45, 2.75) is 25.6 Å². The van der Waals surface area contributed by atoms with Gasteiger partial charge in [0.15, 0.2) is 0 Å². The molecule has 0 aliphatic rings. The molecule has 0 saturated heterocycles. The van der Waals surface area contributed by atoms with Crippen molar-refractivity contribution < 1.29 is 37.0 Å². The number of methoxy groups -OCH3 is 2. The maximum absolute atomic E-state index is 12.5. The van der Waals surface area contributed by atoms with E-state index in [1.807, 2.05) is 0 Å². The Hall–Kier alpha value is -2.58. The molecule has 0 unspecified atom stereocenters. The van der Waals surface area contributed by atoms with Crippen LogP contribution < -0.4 is 5.32 Å². The van der Waals surface area contributed by atoms with Gasteiger partial charge in [0.1, 0.15) is 6.04 Å². The number of hydrogen-bond donors (Lipinski definition) is 1. The summed E-state index contributed by atoms with van der Waals surface area (Å²) < 4.78 is 46.7. The SMILES string of the molecule is COC(=O)[C@H](C)C[C@@H](NC(=O)c1ccc(C(F)(F)F)cc1)C(=O)OC. The van der Waals surface area contributed by atoms with Crippen LogP contribution in [0.5, 0.6) is 0 Å². The molecule has 1 aromatic carbocycles. The Labute approximate surface area is 142 Å². The van der Waals surface area contributed by atoms with Gasteiger partial charge < -0.3 is 14.8 Å². The minimum absolute atomic E-state index is 0.0624. The maximum atomic E-state index is 12.5. The first kappa shape index (κ1) is 20.5. The van der Waals surface area contributed by atoms with Crippen molar-refractivity contribution in [1.29, 1.82) is 0 Å². The van der Waals surface area contributed by atoms with E-state index in [-0.39, 0.29) is 12.0 Å². The van der Waals surface area contributed by atoms with E-state index in [0.717, 1.165) is 31.4 Å². The largest absolute Gasteiger partial charge is 0.469 e. The van der Waals surface area contributed by atoms with E-state index in [1.54, 1.807) is 0 Å². The van der Waals surface area contributed by atoms with Gasteiger partial charge in [-0.3, -0.25) is 9.59 Å². The number of benzene rings is 1. The average molecular weight is 361 g/mol. The van der Waals surface area contributed by atoms with E-state index in [0.29, 0.717) is 0 Å². The minimum atomic E-state index is -4.51. The molecular formula is C16H18F3NO5. The lowest BCUT2D eigenvalue weighted by Crippen LogP contribution is -2.43. The predicted octanol–water partition coefficient (Wildman–Crippen LogP) is 2.18. The second kappa shape index (κ2) is 8.50. The number of halogens is 3. The summed E-state index contributed by atoms with van der Waals surface area (Å²) in [7, 11) is 2.30. The highest BCUT2D eigenvalue weighted by atomic mass is 19.4. The third kappa shape index (κ3) is 5.77. The molecule has 9 heteroatoms. The van der Waals surface area contributed by atoms with Crippen molar-refractivity contribution in [3.63, 3.8) is 0 Å². The number of amides is 1. The minimum Gasteiger partial charge on any atom is -0.469 e. The molecule has 0 aliphatic heterocycles. The lowest BCUT2D eigenvalue weighted by molar-refractivity contribution is -0.147. The fraction of sp³-hybridized carbons (Fsp3) is 0.438. The molecule has 25 heavy (non-hydrogen) atoms. The number of ether oxygens (including phenoxy) is 2. The number of alkyl halides is 3. The van der Waals surface area contributed by atoms with Gasteiger partial charge in [0.05, 0.1) is 25.7 Å². The van der Waals surface area contributed by atoms with Crippen LogP contribution in [0.1, 0.15) is 29.3 Å². The third-order valence-electron chi connectivity index (χ3n) is 3.46. The molecular weight excluding hydrogens is 343 g/mol. The number of carbonyl (C=O) groups is 3. The van der Waals surface area contributed by atoms with Crippen molar-refractivity contribution in [3.05, 3.63) is 35.4 Å². The average Bonchev–Trinajstić information content (AvgIpc) is 2.58. The molecule has 1 rings (SSSR count). The summed E-state index contributed by atoms with van der Waals surface area (Å²) in [4.78, 5) is 35.4. The number of hydrogen-bond acceptors (Lipinski definition) is 5. The van der Waals surface area contributed by atoms with Crippen LogP contribution in [0, 0.1) is 5.92 Å². The Morgan fingerprint density at radius 2 is 1.56 bits per heavy atom. The molecule has 138 valence electrons. The van der Waals surface area contributed by atoms with E-state index < -0.39 is 41.5 Å². The molecule has 1 amide bonds. The van der Waals surface area contributed by atoms with Gasteiger partial charge in [0, 0.05) is 5.56 Å². The topological polar surface area (TPSA) is 81.7 Å². The summed E-state index contributed by atoms with van der Waals surface area (Å²) >= 11 is 0. The van der Waals surface area contributed by atoms with Crippen molar-refractivity contribution in [3.8, 4) is 0 Å². The van der Waals surface area contributed by atoms with Crippen LogP contribution in [0.25, 0.3) is 0 Å². The molecule has 6 nitrogen and oxygen atoms in total. The summed E-state index contributed by atoms with van der Waals surface area (Å²) in [6.07, 6.45) is -4.59. The van der Waals surface area contributed by atoms with Gasteiger partial charge in [-0.2, -0.15) is 13.2 Å². The Morgan fingerprint density at radius 1 is 1.04 bits per heavy atom. The predicted molar refractivity (Wildman–Crippen MR) is 80.5 cm³/mol. The van der Waals surface area contributed by atoms with E-state index in [9.17, 15) is 27.6 Å². The Kier molecular flexibility index (Phi) is 6.96. The van der Waals surface area contributed by atoms with Gasteiger partial charge in [-0.05, 0) is 30.7 Å². The van der Waals surface area contributed by atoms with Gasteiger partial charge in [-0.1, -0.05) is 6.92 Å².